The lowest BCUT2D eigenvalue weighted by molar-refractivity contribution is -0.384. The smallest absolute Gasteiger partial charge is 0.273 e. The van der Waals surface area contributed by atoms with Crippen molar-refractivity contribution in [3.8, 4) is 0 Å². The van der Waals surface area contributed by atoms with E-state index in [4.69, 9.17) is 0 Å². The van der Waals surface area contributed by atoms with Gasteiger partial charge in [0.15, 0.2) is 0 Å². The zero-order chi connectivity index (χ0) is 12.8. The number of hydrogen-bond donors (Lipinski definition) is 1. The van der Waals surface area contributed by atoms with Gasteiger partial charge in [-0.15, -0.1) is 0 Å². The maximum absolute atomic E-state index is 10.9. The second-order valence-corrected chi connectivity index (χ2v) is 3.70. The standard InChI is InChI=1S/C12H19N3O2/c1-4-13-10-7-11(14(5-2)6-3)9-12(8-10)15(16)17/h7-9,13H,4-6H2,1-3H3. The molecule has 0 heterocycles. The number of anilines is 2. The van der Waals surface area contributed by atoms with Gasteiger partial charge in [0.1, 0.15) is 0 Å². The van der Waals surface area contributed by atoms with Crippen LogP contribution in [0.5, 0.6) is 0 Å². The van der Waals surface area contributed by atoms with E-state index in [-0.39, 0.29) is 10.6 Å². The Kier molecular flexibility index (Phi) is 4.75. The third-order valence-electron chi connectivity index (χ3n) is 2.62. The number of benzene rings is 1. The molecule has 0 radical (unpaired) electrons. The minimum Gasteiger partial charge on any atom is -0.385 e. The van der Waals surface area contributed by atoms with E-state index in [0.717, 1.165) is 31.0 Å². The summed E-state index contributed by atoms with van der Waals surface area (Å²) in [5.74, 6) is 0. The second-order valence-electron chi connectivity index (χ2n) is 3.70. The summed E-state index contributed by atoms with van der Waals surface area (Å²) in [7, 11) is 0. The molecule has 0 unspecified atom stereocenters. The lowest BCUT2D eigenvalue weighted by Gasteiger charge is -2.21. The molecule has 5 heteroatoms. The maximum atomic E-state index is 10.9. The van der Waals surface area contributed by atoms with Gasteiger partial charge in [-0.25, -0.2) is 0 Å². The Morgan fingerprint density at radius 3 is 2.35 bits per heavy atom. The van der Waals surface area contributed by atoms with Crippen molar-refractivity contribution >= 4 is 17.1 Å². The fraction of sp³-hybridized carbons (Fsp3) is 0.500. The van der Waals surface area contributed by atoms with E-state index < -0.39 is 0 Å². The molecule has 0 fully saturated rings. The van der Waals surface area contributed by atoms with Crippen LogP contribution in [0.4, 0.5) is 17.1 Å². The van der Waals surface area contributed by atoms with E-state index in [9.17, 15) is 10.1 Å². The average molecular weight is 237 g/mol. The number of nitrogens with one attached hydrogen (secondary N) is 1. The first-order chi connectivity index (χ1) is 8.12. The van der Waals surface area contributed by atoms with Crippen LogP contribution in [0.15, 0.2) is 18.2 Å². The zero-order valence-electron chi connectivity index (χ0n) is 10.6. The molecule has 1 aromatic carbocycles. The highest BCUT2D eigenvalue weighted by atomic mass is 16.6. The Morgan fingerprint density at radius 1 is 1.24 bits per heavy atom. The Balaban J connectivity index is 3.15. The fourth-order valence-corrected chi connectivity index (χ4v) is 1.78. The fourth-order valence-electron chi connectivity index (χ4n) is 1.78. The van der Waals surface area contributed by atoms with Gasteiger partial charge in [-0.3, -0.25) is 10.1 Å². The number of nitro benzene ring substituents is 1. The van der Waals surface area contributed by atoms with Gasteiger partial charge < -0.3 is 10.2 Å². The largest absolute Gasteiger partial charge is 0.385 e. The first kappa shape index (κ1) is 13.3. The Morgan fingerprint density at radius 2 is 1.88 bits per heavy atom. The Bertz CT molecular complexity index is 389. The van der Waals surface area contributed by atoms with Crippen molar-refractivity contribution < 1.29 is 4.92 Å². The van der Waals surface area contributed by atoms with Crippen LogP contribution in [0, 0.1) is 10.1 Å². The highest BCUT2D eigenvalue weighted by Gasteiger charge is 2.12. The van der Waals surface area contributed by atoms with Gasteiger partial charge in [-0.2, -0.15) is 0 Å². The average Bonchev–Trinajstić information content (AvgIpc) is 2.31. The predicted molar refractivity (Wildman–Crippen MR) is 70.8 cm³/mol. The SMILES string of the molecule is CCNc1cc(N(CC)CC)cc([N+](=O)[O-])c1. The highest BCUT2D eigenvalue weighted by molar-refractivity contribution is 5.64. The first-order valence-corrected chi connectivity index (χ1v) is 5.90. The summed E-state index contributed by atoms with van der Waals surface area (Å²) < 4.78 is 0. The lowest BCUT2D eigenvalue weighted by atomic mass is 10.2. The van der Waals surface area contributed by atoms with Crippen LogP contribution in [0.3, 0.4) is 0 Å². The minimum atomic E-state index is -0.353. The summed E-state index contributed by atoms with van der Waals surface area (Å²) in [6.45, 7) is 8.46. The van der Waals surface area contributed by atoms with E-state index in [2.05, 4.69) is 10.2 Å². The summed E-state index contributed by atoms with van der Waals surface area (Å²) in [4.78, 5) is 12.6. The van der Waals surface area contributed by atoms with Crippen molar-refractivity contribution in [2.75, 3.05) is 29.9 Å². The normalized spacial score (nSPS) is 10.1. The van der Waals surface area contributed by atoms with Gasteiger partial charge in [-0.1, -0.05) is 0 Å². The van der Waals surface area contributed by atoms with E-state index in [1.54, 1.807) is 12.1 Å². The van der Waals surface area contributed by atoms with Crippen LogP contribution in [0.1, 0.15) is 20.8 Å². The van der Waals surface area contributed by atoms with Crippen molar-refractivity contribution in [2.45, 2.75) is 20.8 Å². The monoisotopic (exact) mass is 237 g/mol. The number of nitro groups is 1. The molecule has 1 rings (SSSR count). The summed E-state index contributed by atoms with van der Waals surface area (Å²) in [5.41, 5.74) is 1.81. The quantitative estimate of drug-likeness (QED) is 0.610. The molecule has 0 saturated heterocycles. The van der Waals surface area contributed by atoms with Gasteiger partial charge in [0.05, 0.1) is 4.92 Å². The number of non-ortho nitro benzene ring substituents is 1. The third-order valence-corrected chi connectivity index (χ3v) is 2.62. The highest BCUT2D eigenvalue weighted by Crippen LogP contribution is 2.26. The van der Waals surface area contributed by atoms with Crippen LogP contribution in [0.2, 0.25) is 0 Å². The Hall–Kier alpha value is -1.78. The molecule has 0 aliphatic rings. The first-order valence-electron chi connectivity index (χ1n) is 5.90. The van der Waals surface area contributed by atoms with Crippen molar-refractivity contribution in [3.05, 3.63) is 28.3 Å². The molecule has 94 valence electrons. The Labute approximate surface area is 102 Å². The van der Waals surface area contributed by atoms with Crippen LogP contribution in [-0.2, 0) is 0 Å². The minimum absolute atomic E-state index is 0.130. The molecular formula is C12H19N3O2. The van der Waals surface area contributed by atoms with E-state index in [1.807, 2.05) is 26.8 Å². The molecule has 1 N–H and O–H groups in total. The maximum Gasteiger partial charge on any atom is 0.273 e. The number of nitrogens with zero attached hydrogens (tertiary/aromatic N) is 2. The van der Waals surface area contributed by atoms with E-state index >= 15 is 0 Å². The molecule has 5 nitrogen and oxygen atoms in total. The summed E-state index contributed by atoms with van der Waals surface area (Å²) in [6, 6.07) is 5.13. The molecule has 0 aliphatic carbocycles. The van der Waals surface area contributed by atoms with Gasteiger partial charge in [0, 0.05) is 43.1 Å². The molecule has 0 aromatic heterocycles. The molecule has 0 bridgehead atoms. The van der Waals surface area contributed by atoms with Gasteiger partial charge in [0.2, 0.25) is 0 Å². The molecule has 0 saturated carbocycles. The molecule has 0 atom stereocenters. The van der Waals surface area contributed by atoms with Gasteiger partial charge in [-0.05, 0) is 26.8 Å². The number of hydrogen-bond acceptors (Lipinski definition) is 4. The van der Waals surface area contributed by atoms with Gasteiger partial charge in [0.25, 0.3) is 5.69 Å². The lowest BCUT2D eigenvalue weighted by Crippen LogP contribution is -2.22. The molecule has 17 heavy (non-hydrogen) atoms. The van der Waals surface area contributed by atoms with E-state index in [0.29, 0.717) is 0 Å². The van der Waals surface area contributed by atoms with Crippen molar-refractivity contribution in [1.29, 1.82) is 0 Å². The van der Waals surface area contributed by atoms with Crippen LogP contribution in [0.25, 0.3) is 0 Å². The molecule has 0 spiro atoms. The van der Waals surface area contributed by atoms with Gasteiger partial charge >= 0.3 is 0 Å². The van der Waals surface area contributed by atoms with Crippen LogP contribution < -0.4 is 10.2 Å². The van der Waals surface area contributed by atoms with Crippen LogP contribution >= 0.6 is 0 Å². The second kappa shape index (κ2) is 6.08. The van der Waals surface area contributed by atoms with Crippen LogP contribution in [-0.4, -0.2) is 24.6 Å². The van der Waals surface area contributed by atoms with Crippen molar-refractivity contribution in [1.82, 2.24) is 0 Å². The molecule has 1 aromatic rings. The van der Waals surface area contributed by atoms with Crippen molar-refractivity contribution in [2.24, 2.45) is 0 Å². The topological polar surface area (TPSA) is 58.4 Å². The number of rotatable bonds is 6. The van der Waals surface area contributed by atoms with E-state index in [1.165, 1.54) is 0 Å². The van der Waals surface area contributed by atoms with Crippen molar-refractivity contribution in [3.63, 3.8) is 0 Å². The molecule has 0 amide bonds. The summed E-state index contributed by atoms with van der Waals surface area (Å²) >= 11 is 0. The molecule has 0 aliphatic heterocycles. The predicted octanol–water partition coefficient (Wildman–Crippen LogP) is 2.87. The molecular weight excluding hydrogens is 218 g/mol. The summed E-state index contributed by atoms with van der Waals surface area (Å²) in [6.07, 6.45) is 0. The zero-order valence-corrected chi connectivity index (χ0v) is 10.6. The third kappa shape index (κ3) is 3.34. The summed E-state index contributed by atoms with van der Waals surface area (Å²) in [5, 5.41) is 14.0.